The Morgan fingerprint density at radius 1 is 1.20 bits per heavy atom. The van der Waals surface area contributed by atoms with Gasteiger partial charge in [0.15, 0.2) is 5.03 Å². The molecule has 1 heterocycles. The molecule has 4 bridgehead atoms. The smallest absolute Gasteiger partial charge is 0.257 e. The first-order valence-electron chi connectivity index (χ1n) is 7.54. The summed E-state index contributed by atoms with van der Waals surface area (Å²) in [4.78, 5) is 0. The number of sulfonamides is 1. The number of hydrogen-bond acceptors (Lipinski definition) is 3. The fourth-order valence-electron chi connectivity index (χ4n) is 5.23. The highest BCUT2D eigenvalue weighted by atomic mass is 32.2. The monoisotopic (exact) mass is 295 g/mol. The highest BCUT2D eigenvalue weighted by Gasteiger charge is 2.50. The summed E-state index contributed by atoms with van der Waals surface area (Å²) >= 11 is 0. The molecule has 1 aromatic heterocycles. The topological polar surface area (TPSA) is 74.8 Å². The molecule has 6 heteroatoms. The minimum absolute atomic E-state index is 0.169. The van der Waals surface area contributed by atoms with E-state index >= 15 is 0 Å². The van der Waals surface area contributed by atoms with Crippen molar-refractivity contribution in [3.05, 3.63) is 12.3 Å². The van der Waals surface area contributed by atoms with Gasteiger partial charge in [-0.25, -0.2) is 13.1 Å². The van der Waals surface area contributed by atoms with Gasteiger partial charge < -0.3 is 0 Å². The zero-order chi connectivity index (χ0) is 13.8. The third kappa shape index (κ3) is 2.09. The molecule has 0 aromatic carbocycles. The lowest BCUT2D eigenvalue weighted by Crippen LogP contribution is -2.51. The zero-order valence-electron chi connectivity index (χ0n) is 11.5. The molecule has 4 saturated carbocycles. The van der Waals surface area contributed by atoms with Gasteiger partial charge in [0.1, 0.15) is 0 Å². The summed E-state index contributed by atoms with van der Waals surface area (Å²) in [5.74, 6) is 2.54. The molecule has 110 valence electrons. The molecule has 0 atom stereocenters. The predicted molar refractivity (Wildman–Crippen MR) is 74.4 cm³/mol. The predicted octanol–water partition coefficient (Wildman–Crippen LogP) is 1.90. The van der Waals surface area contributed by atoms with Gasteiger partial charge in [0.25, 0.3) is 10.0 Å². The lowest BCUT2D eigenvalue weighted by Gasteiger charge is -2.56. The van der Waals surface area contributed by atoms with Crippen LogP contribution in [0.2, 0.25) is 0 Å². The quantitative estimate of drug-likeness (QED) is 0.891. The van der Waals surface area contributed by atoms with Gasteiger partial charge >= 0.3 is 0 Å². The molecule has 5 nitrogen and oxygen atoms in total. The Kier molecular flexibility index (Phi) is 2.76. The van der Waals surface area contributed by atoms with Crippen LogP contribution < -0.4 is 4.72 Å². The van der Waals surface area contributed by atoms with Crippen molar-refractivity contribution >= 4 is 10.0 Å². The van der Waals surface area contributed by atoms with Gasteiger partial charge in [0, 0.05) is 6.54 Å². The van der Waals surface area contributed by atoms with Crippen LogP contribution in [0.5, 0.6) is 0 Å². The normalized spacial score (nSPS) is 39.3. The molecule has 0 unspecified atom stereocenters. The molecule has 1 aromatic rings. The van der Waals surface area contributed by atoms with Gasteiger partial charge in [0.2, 0.25) is 0 Å². The number of aromatic amines is 1. The van der Waals surface area contributed by atoms with Crippen LogP contribution in [0.25, 0.3) is 0 Å². The Morgan fingerprint density at radius 3 is 2.30 bits per heavy atom. The SMILES string of the molecule is O=S(=O)(NCC12CC3CC(CC(C3)C1)C2)c1ccn[nH]1. The lowest BCUT2D eigenvalue weighted by atomic mass is 9.50. The molecule has 5 rings (SSSR count). The maximum Gasteiger partial charge on any atom is 0.257 e. The molecular weight excluding hydrogens is 274 g/mol. The Hall–Kier alpha value is -0.880. The Bertz CT molecular complexity index is 559. The van der Waals surface area contributed by atoms with E-state index < -0.39 is 10.0 Å². The van der Waals surface area contributed by atoms with Gasteiger partial charge in [-0.05, 0) is 67.8 Å². The summed E-state index contributed by atoms with van der Waals surface area (Å²) < 4.78 is 27.2. The van der Waals surface area contributed by atoms with Gasteiger partial charge in [-0.3, -0.25) is 5.10 Å². The Balaban J connectivity index is 1.50. The average Bonchev–Trinajstić information content (AvgIpc) is 2.90. The van der Waals surface area contributed by atoms with Crippen molar-refractivity contribution in [2.24, 2.45) is 23.2 Å². The van der Waals surface area contributed by atoms with Crippen molar-refractivity contribution in [3.63, 3.8) is 0 Å². The molecular formula is C14H21N3O2S. The number of hydrogen-bond donors (Lipinski definition) is 2. The molecule has 0 spiro atoms. The van der Waals surface area contributed by atoms with Gasteiger partial charge in [0.05, 0.1) is 6.20 Å². The molecule has 4 fully saturated rings. The van der Waals surface area contributed by atoms with E-state index in [1.54, 1.807) is 0 Å². The first-order chi connectivity index (χ1) is 9.55. The first-order valence-corrected chi connectivity index (χ1v) is 9.02. The minimum atomic E-state index is -3.43. The lowest BCUT2D eigenvalue weighted by molar-refractivity contribution is -0.0487. The molecule has 2 N–H and O–H groups in total. The fraction of sp³-hybridized carbons (Fsp3) is 0.786. The standard InChI is InChI=1S/C14H21N3O2S/c18-20(19,13-1-2-15-17-13)16-9-14-6-10-3-11(7-14)5-12(4-10)8-14/h1-2,10-12,16H,3-9H2,(H,15,17). The van der Waals surface area contributed by atoms with E-state index in [0.29, 0.717) is 6.54 Å². The van der Waals surface area contributed by atoms with Crippen molar-refractivity contribution in [1.82, 2.24) is 14.9 Å². The summed E-state index contributed by atoms with van der Waals surface area (Å²) in [6.07, 6.45) is 9.25. The summed E-state index contributed by atoms with van der Waals surface area (Å²) in [5, 5.41) is 6.42. The first kappa shape index (κ1) is 12.8. The van der Waals surface area contributed by atoms with Crippen molar-refractivity contribution in [2.45, 2.75) is 43.6 Å². The highest BCUT2D eigenvalue weighted by molar-refractivity contribution is 7.89. The third-order valence-electron chi connectivity index (χ3n) is 5.57. The molecule has 0 saturated heterocycles. The van der Waals surface area contributed by atoms with Gasteiger partial charge in [-0.1, -0.05) is 0 Å². The van der Waals surface area contributed by atoms with E-state index in [4.69, 9.17) is 0 Å². The van der Waals surface area contributed by atoms with Gasteiger partial charge in [-0.15, -0.1) is 0 Å². The van der Waals surface area contributed by atoms with E-state index in [1.807, 2.05) is 0 Å². The van der Waals surface area contributed by atoms with Crippen LogP contribution in [0, 0.1) is 23.2 Å². The summed E-state index contributed by atoms with van der Waals surface area (Å²) in [6, 6.07) is 1.50. The van der Waals surface area contributed by atoms with Crippen LogP contribution in [-0.2, 0) is 10.0 Å². The van der Waals surface area contributed by atoms with Crippen LogP contribution in [-0.4, -0.2) is 25.2 Å². The summed E-state index contributed by atoms with van der Waals surface area (Å²) in [5.41, 5.74) is 0.224. The van der Waals surface area contributed by atoms with E-state index in [2.05, 4.69) is 14.9 Å². The Labute approximate surface area is 119 Å². The molecule has 4 aliphatic carbocycles. The second kappa shape index (κ2) is 4.31. The van der Waals surface area contributed by atoms with Crippen LogP contribution >= 0.6 is 0 Å². The number of rotatable bonds is 4. The number of H-pyrrole nitrogens is 1. The molecule has 4 aliphatic rings. The van der Waals surface area contributed by atoms with E-state index in [9.17, 15) is 8.42 Å². The number of nitrogens with zero attached hydrogens (tertiary/aromatic N) is 1. The van der Waals surface area contributed by atoms with Crippen molar-refractivity contribution in [2.75, 3.05) is 6.54 Å². The zero-order valence-corrected chi connectivity index (χ0v) is 12.3. The third-order valence-corrected chi connectivity index (χ3v) is 6.90. The second-order valence-electron chi connectivity index (χ2n) is 7.16. The molecule has 0 aliphatic heterocycles. The Morgan fingerprint density at radius 2 is 1.80 bits per heavy atom. The van der Waals surface area contributed by atoms with Crippen molar-refractivity contribution in [3.8, 4) is 0 Å². The number of aromatic nitrogens is 2. The minimum Gasteiger partial charge on any atom is -0.266 e. The van der Waals surface area contributed by atoms with Crippen molar-refractivity contribution in [1.29, 1.82) is 0 Å². The summed E-state index contributed by atoms with van der Waals surface area (Å²) in [7, 11) is -3.43. The largest absolute Gasteiger partial charge is 0.266 e. The van der Waals surface area contributed by atoms with E-state index in [-0.39, 0.29) is 10.4 Å². The highest BCUT2D eigenvalue weighted by Crippen LogP contribution is 2.59. The maximum absolute atomic E-state index is 12.2. The maximum atomic E-state index is 12.2. The number of nitrogens with one attached hydrogen (secondary N) is 2. The second-order valence-corrected chi connectivity index (χ2v) is 8.90. The fourth-order valence-corrected chi connectivity index (χ4v) is 6.29. The van der Waals surface area contributed by atoms with E-state index in [0.717, 1.165) is 17.8 Å². The van der Waals surface area contributed by atoms with Gasteiger partial charge in [-0.2, -0.15) is 5.10 Å². The summed E-state index contributed by atoms with van der Waals surface area (Å²) in [6.45, 7) is 0.595. The van der Waals surface area contributed by atoms with Crippen LogP contribution in [0.3, 0.4) is 0 Å². The van der Waals surface area contributed by atoms with Crippen molar-refractivity contribution < 1.29 is 8.42 Å². The molecule has 20 heavy (non-hydrogen) atoms. The molecule has 0 radical (unpaired) electrons. The van der Waals surface area contributed by atoms with Crippen LogP contribution in [0.1, 0.15) is 38.5 Å². The van der Waals surface area contributed by atoms with E-state index in [1.165, 1.54) is 50.8 Å². The van der Waals surface area contributed by atoms with Crippen LogP contribution in [0.4, 0.5) is 0 Å². The average molecular weight is 295 g/mol. The molecule has 0 amide bonds. The van der Waals surface area contributed by atoms with Crippen LogP contribution in [0.15, 0.2) is 17.3 Å².